The maximum atomic E-state index is 12.8. The fourth-order valence-corrected chi connectivity index (χ4v) is 5.90. The zero-order valence-corrected chi connectivity index (χ0v) is 18.6. The highest BCUT2D eigenvalue weighted by molar-refractivity contribution is 7.99. The molecule has 5 rings (SSSR count). The van der Waals surface area contributed by atoms with Crippen LogP contribution in [0.2, 0.25) is 4.34 Å². The highest BCUT2D eigenvalue weighted by atomic mass is 35.5. The number of hydrogen-bond acceptors (Lipinski definition) is 5. The van der Waals surface area contributed by atoms with Crippen LogP contribution in [-0.2, 0) is 0 Å². The maximum absolute atomic E-state index is 12.8. The lowest BCUT2D eigenvalue weighted by Crippen LogP contribution is -2.36. The average Bonchev–Trinajstić information content (AvgIpc) is 3.12. The van der Waals surface area contributed by atoms with Gasteiger partial charge in [-0.2, -0.15) is 0 Å². The summed E-state index contributed by atoms with van der Waals surface area (Å²) in [5.74, 6) is -0.0696. The fraction of sp³-hybridized carbons (Fsp3) is 0.261. The van der Waals surface area contributed by atoms with Gasteiger partial charge in [-0.25, -0.2) is 9.98 Å². The molecule has 7 heteroatoms. The summed E-state index contributed by atoms with van der Waals surface area (Å²) in [6, 6.07) is 14.2. The molecular weight excluding hydrogens is 434 g/mol. The molecule has 1 fully saturated rings. The number of amides is 1. The van der Waals surface area contributed by atoms with Gasteiger partial charge in [0.15, 0.2) is 0 Å². The SMILES string of the molecule is O=C(NC1CCCCC1)c1cnc2c(c1)N=C(c1ccc(Cl)s1)c1ccccc1S2. The Morgan fingerprint density at radius 3 is 2.73 bits per heavy atom. The lowest BCUT2D eigenvalue weighted by molar-refractivity contribution is 0.0927. The van der Waals surface area contributed by atoms with Crippen LogP contribution in [0.4, 0.5) is 5.69 Å². The first-order valence-corrected chi connectivity index (χ1v) is 12.1. The van der Waals surface area contributed by atoms with Crippen molar-refractivity contribution in [3.05, 3.63) is 69.0 Å². The van der Waals surface area contributed by atoms with Crippen LogP contribution in [0.3, 0.4) is 0 Å². The molecule has 1 amide bonds. The van der Waals surface area contributed by atoms with Gasteiger partial charge in [-0.3, -0.25) is 4.79 Å². The topological polar surface area (TPSA) is 54.4 Å². The zero-order valence-electron chi connectivity index (χ0n) is 16.2. The number of aliphatic imine (C=N–C) groups is 1. The highest BCUT2D eigenvalue weighted by Gasteiger charge is 2.23. The number of carbonyl (C=O) groups is 1. The van der Waals surface area contributed by atoms with E-state index in [2.05, 4.69) is 22.4 Å². The van der Waals surface area contributed by atoms with Crippen LogP contribution in [0, 0.1) is 0 Å². The Morgan fingerprint density at radius 2 is 1.93 bits per heavy atom. The van der Waals surface area contributed by atoms with Crippen molar-refractivity contribution in [3.63, 3.8) is 0 Å². The van der Waals surface area contributed by atoms with Crippen LogP contribution in [0.25, 0.3) is 0 Å². The summed E-state index contributed by atoms with van der Waals surface area (Å²) in [6.45, 7) is 0. The molecule has 0 radical (unpaired) electrons. The molecule has 3 aromatic rings. The maximum Gasteiger partial charge on any atom is 0.253 e. The van der Waals surface area contributed by atoms with Gasteiger partial charge in [0.05, 0.1) is 26.2 Å². The molecular formula is C23H20ClN3OS2. The van der Waals surface area contributed by atoms with E-state index >= 15 is 0 Å². The van der Waals surface area contributed by atoms with E-state index in [-0.39, 0.29) is 11.9 Å². The molecule has 1 aromatic carbocycles. The van der Waals surface area contributed by atoms with Crippen LogP contribution < -0.4 is 5.32 Å². The van der Waals surface area contributed by atoms with E-state index in [0.717, 1.165) is 43.3 Å². The molecule has 0 bridgehead atoms. The average molecular weight is 454 g/mol. The molecule has 3 heterocycles. The van der Waals surface area contributed by atoms with Gasteiger partial charge in [-0.05, 0) is 37.1 Å². The summed E-state index contributed by atoms with van der Waals surface area (Å²) < 4.78 is 0.723. The number of halogens is 1. The Balaban J connectivity index is 1.53. The predicted molar refractivity (Wildman–Crippen MR) is 124 cm³/mol. The van der Waals surface area contributed by atoms with Crippen LogP contribution in [0.5, 0.6) is 0 Å². The number of aromatic nitrogens is 1. The number of thiophene rings is 1. The minimum Gasteiger partial charge on any atom is -0.349 e. The third kappa shape index (κ3) is 4.04. The number of benzene rings is 1. The van der Waals surface area contributed by atoms with Gasteiger partial charge in [-0.15, -0.1) is 11.3 Å². The summed E-state index contributed by atoms with van der Waals surface area (Å²) in [7, 11) is 0. The van der Waals surface area contributed by atoms with Gasteiger partial charge in [0.1, 0.15) is 5.03 Å². The summed E-state index contributed by atoms with van der Waals surface area (Å²) >= 11 is 9.28. The zero-order chi connectivity index (χ0) is 20.5. The Kier molecular flexibility index (Phi) is 5.63. The number of pyridine rings is 1. The van der Waals surface area contributed by atoms with Gasteiger partial charge >= 0.3 is 0 Å². The first-order valence-electron chi connectivity index (χ1n) is 10.1. The van der Waals surface area contributed by atoms with Crippen LogP contribution in [-0.4, -0.2) is 22.6 Å². The first-order chi connectivity index (χ1) is 14.7. The normalized spacial score (nSPS) is 16.2. The van der Waals surface area contributed by atoms with Crippen LogP contribution in [0.15, 0.2) is 63.6 Å². The lowest BCUT2D eigenvalue weighted by Gasteiger charge is -2.22. The molecule has 2 aliphatic rings. The summed E-state index contributed by atoms with van der Waals surface area (Å²) in [4.78, 5) is 24.5. The number of fused-ring (bicyclic) bond motifs is 2. The molecule has 4 nitrogen and oxygen atoms in total. The lowest BCUT2D eigenvalue weighted by atomic mass is 9.95. The van der Waals surface area contributed by atoms with Crippen molar-refractivity contribution in [2.75, 3.05) is 0 Å². The predicted octanol–water partition coefficient (Wildman–Crippen LogP) is 6.49. The fourth-order valence-electron chi connectivity index (χ4n) is 3.90. The Labute approximate surface area is 188 Å². The number of hydrogen-bond donors (Lipinski definition) is 1. The largest absolute Gasteiger partial charge is 0.349 e. The standard InChI is InChI=1S/C23H20ClN3OS2/c24-20-11-10-19(29-20)21-16-8-4-5-9-18(16)30-23-17(27-21)12-14(13-25-23)22(28)26-15-6-2-1-3-7-15/h4-5,8-13,15H,1-3,6-7H2,(H,26,28). The molecule has 1 aliphatic heterocycles. The number of nitrogens with zero attached hydrogens (tertiary/aromatic N) is 2. The summed E-state index contributed by atoms with van der Waals surface area (Å²) in [5.41, 5.74) is 3.18. The minimum atomic E-state index is -0.0696. The smallest absolute Gasteiger partial charge is 0.253 e. The molecule has 0 unspecified atom stereocenters. The number of rotatable bonds is 3. The van der Waals surface area contributed by atoms with Gasteiger partial charge in [0.25, 0.3) is 5.91 Å². The second-order valence-corrected chi connectivity index (χ2v) is 10.3. The summed E-state index contributed by atoms with van der Waals surface area (Å²) in [6.07, 6.45) is 7.38. The van der Waals surface area contributed by atoms with E-state index in [9.17, 15) is 4.79 Å². The molecule has 152 valence electrons. The minimum absolute atomic E-state index is 0.0696. The van der Waals surface area contributed by atoms with E-state index in [0.29, 0.717) is 11.3 Å². The van der Waals surface area contributed by atoms with E-state index in [1.54, 1.807) is 18.0 Å². The third-order valence-corrected chi connectivity index (χ3v) is 7.74. The van der Waals surface area contributed by atoms with Crippen molar-refractivity contribution in [1.82, 2.24) is 10.3 Å². The Bertz CT molecular complexity index is 1130. The van der Waals surface area contributed by atoms with E-state index in [1.807, 2.05) is 30.3 Å². The van der Waals surface area contributed by atoms with Crippen molar-refractivity contribution < 1.29 is 4.79 Å². The molecule has 0 atom stereocenters. The monoisotopic (exact) mass is 453 g/mol. The van der Waals surface area contributed by atoms with Crippen molar-refractivity contribution in [1.29, 1.82) is 0 Å². The third-order valence-electron chi connectivity index (χ3n) is 5.42. The quantitative estimate of drug-likeness (QED) is 0.385. The molecule has 1 aliphatic carbocycles. The second-order valence-electron chi connectivity index (χ2n) is 7.52. The molecule has 2 aromatic heterocycles. The van der Waals surface area contributed by atoms with E-state index < -0.39 is 0 Å². The van der Waals surface area contributed by atoms with E-state index in [1.165, 1.54) is 30.6 Å². The molecule has 1 N–H and O–H groups in total. The highest BCUT2D eigenvalue weighted by Crippen LogP contribution is 2.41. The molecule has 30 heavy (non-hydrogen) atoms. The van der Waals surface area contributed by atoms with Crippen molar-refractivity contribution >= 4 is 52.0 Å². The molecule has 0 saturated heterocycles. The van der Waals surface area contributed by atoms with Gasteiger partial charge in [0.2, 0.25) is 0 Å². The second kappa shape index (κ2) is 8.53. The number of nitrogens with one attached hydrogen (secondary N) is 1. The van der Waals surface area contributed by atoms with Crippen LogP contribution in [0.1, 0.15) is 52.9 Å². The van der Waals surface area contributed by atoms with Gasteiger partial charge in [-0.1, -0.05) is 60.8 Å². The number of carbonyl (C=O) groups excluding carboxylic acids is 1. The van der Waals surface area contributed by atoms with Crippen molar-refractivity contribution in [3.8, 4) is 0 Å². The molecule has 0 spiro atoms. The van der Waals surface area contributed by atoms with Crippen LogP contribution >= 0.6 is 34.7 Å². The molecule has 1 saturated carbocycles. The van der Waals surface area contributed by atoms with Crippen molar-refractivity contribution in [2.45, 2.75) is 48.1 Å². The van der Waals surface area contributed by atoms with Gasteiger partial charge in [0, 0.05) is 22.7 Å². The Hall–Kier alpha value is -2.15. The van der Waals surface area contributed by atoms with Crippen molar-refractivity contribution in [2.24, 2.45) is 4.99 Å². The first kappa shape index (κ1) is 19.8. The Morgan fingerprint density at radius 1 is 1.10 bits per heavy atom. The van der Waals surface area contributed by atoms with E-state index in [4.69, 9.17) is 16.6 Å². The van der Waals surface area contributed by atoms with Gasteiger partial charge < -0.3 is 5.32 Å². The summed E-state index contributed by atoms with van der Waals surface area (Å²) in [5, 5.41) is 3.97.